The van der Waals surface area contributed by atoms with Gasteiger partial charge < -0.3 is 10.4 Å². The van der Waals surface area contributed by atoms with Crippen LogP contribution in [-0.4, -0.2) is 17.1 Å². The highest BCUT2D eigenvalue weighted by molar-refractivity contribution is 5.73. The summed E-state index contributed by atoms with van der Waals surface area (Å²) in [5, 5.41) is 12.4. The summed E-state index contributed by atoms with van der Waals surface area (Å²) in [6, 6.07) is 16.0. The summed E-state index contributed by atoms with van der Waals surface area (Å²) in [6.45, 7) is 6.47. The lowest BCUT2D eigenvalue weighted by molar-refractivity contribution is -0.140. The number of carboxylic acid groups (broad SMARTS) is 1. The van der Waals surface area contributed by atoms with Crippen LogP contribution in [-0.2, 0) is 11.3 Å². The van der Waals surface area contributed by atoms with Gasteiger partial charge in [-0.2, -0.15) is 0 Å². The second-order valence-corrected chi connectivity index (χ2v) is 5.96. The summed E-state index contributed by atoms with van der Waals surface area (Å²) < 4.78 is 0. The standard InChI is InChI=1S/C19H23NO2/c1-13(2)18(19(21)22)20-12-15-8-6-9-16(11-15)17-10-5-4-7-14(17)3/h4-11,13,18,20H,12H2,1-3H3,(H,21,22). The van der Waals surface area contributed by atoms with Crippen molar-refractivity contribution in [2.45, 2.75) is 33.4 Å². The first-order valence-corrected chi connectivity index (χ1v) is 7.60. The molecule has 3 nitrogen and oxygen atoms in total. The Balaban J connectivity index is 2.16. The number of nitrogens with one attached hydrogen (secondary N) is 1. The summed E-state index contributed by atoms with van der Waals surface area (Å²) in [5.41, 5.74) is 4.70. The van der Waals surface area contributed by atoms with E-state index < -0.39 is 12.0 Å². The van der Waals surface area contributed by atoms with Gasteiger partial charge in [-0.25, -0.2) is 0 Å². The molecule has 2 rings (SSSR count). The van der Waals surface area contributed by atoms with Gasteiger partial charge in [-0.15, -0.1) is 0 Å². The molecule has 22 heavy (non-hydrogen) atoms. The Bertz CT molecular complexity index is 649. The average molecular weight is 297 g/mol. The minimum atomic E-state index is -0.801. The van der Waals surface area contributed by atoms with E-state index in [-0.39, 0.29) is 5.92 Å². The summed E-state index contributed by atoms with van der Waals surface area (Å²) in [6.07, 6.45) is 0. The lowest BCUT2D eigenvalue weighted by Crippen LogP contribution is -2.40. The molecule has 0 aromatic heterocycles. The van der Waals surface area contributed by atoms with Gasteiger partial charge in [0, 0.05) is 6.54 Å². The molecule has 2 N–H and O–H groups in total. The van der Waals surface area contributed by atoms with Gasteiger partial charge in [0.05, 0.1) is 0 Å². The van der Waals surface area contributed by atoms with Gasteiger partial charge in [-0.3, -0.25) is 4.79 Å². The third kappa shape index (κ3) is 3.95. The van der Waals surface area contributed by atoms with Crippen LogP contribution in [0.15, 0.2) is 48.5 Å². The van der Waals surface area contributed by atoms with Crippen LogP contribution in [0.1, 0.15) is 25.0 Å². The first-order valence-electron chi connectivity index (χ1n) is 7.60. The molecular weight excluding hydrogens is 274 g/mol. The Kier molecular flexibility index (Phi) is 5.34. The van der Waals surface area contributed by atoms with Gasteiger partial charge in [-0.1, -0.05) is 56.3 Å². The fourth-order valence-electron chi connectivity index (χ4n) is 2.58. The topological polar surface area (TPSA) is 49.3 Å². The van der Waals surface area contributed by atoms with Crippen molar-refractivity contribution in [2.75, 3.05) is 0 Å². The van der Waals surface area contributed by atoms with Crippen molar-refractivity contribution in [1.29, 1.82) is 0 Å². The van der Waals surface area contributed by atoms with Crippen molar-refractivity contribution in [3.63, 3.8) is 0 Å². The number of aliphatic carboxylic acids is 1. The zero-order chi connectivity index (χ0) is 16.1. The molecule has 0 saturated carbocycles. The van der Waals surface area contributed by atoms with Gasteiger partial charge in [0.15, 0.2) is 0 Å². The molecule has 0 aliphatic heterocycles. The number of benzene rings is 2. The van der Waals surface area contributed by atoms with Crippen LogP contribution in [0, 0.1) is 12.8 Å². The monoisotopic (exact) mass is 297 g/mol. The maximum absolute atomic E-state index is 11.2. The molecule has 0 aliphatic carbocycles. The Hall–Kier alpha value is -2.13. The molecule has 116 valence electrons. The van der Waals surface area contributed by atoms with E-state index in [0.29, 0.717) is 6.54 Å². The minimum Gasteiger partial charge on any atom is -0.480 e. The zero-order valence-corrected chi connectivity index (χ0v) is 13.3. The summed E-state index contributed by atoms with van der Waals surface area (Å²) in [5.74, 6) is -0.748. The lowest BCUT2D eigenvalue weighted by Gasteiger charge is -2.18. The Morgan fingerprint density at radius 3 is 2.50 bits per heavy atom. The zero-order valence-electron chi connectivity index (χ0n) is 13.3. The lowest BCUT2D eigenvalue weighted by atomic mass is 9.98. The number of carboxylic acids is 1. The van der Waals surface area contributed by atoms with Crippen LogP contribution < -0.4 is 5.32 Å². The number of hydrogen-bond donors (Lipinski definition) is 2. The summed E-state index contributed by atoms with van der Waals surface area (Å²) in [7, 11) is 0. The highest BCUT2D eigenvalue weighted by Crippen LogP contribution is 2.23. The van der Waals surface area contributed by atoms with E-state index >= 15 is 0 Å². The molecule has 0 saturated heterocycles. The van der Waals surface area contributed by atoms with Gasteiger partial charge >= 0.3 is 5.97 Å². The van der Waals surface area contributed by atoms with Crippen LogP contribution in [0.5, 0.6) is 0 Å². The van der Waals surface area contributed by atoms with Crippen molar-refractivity contribution >= 4 is 5.97 Å². The van der Waals surface area contributed by atoms with Gasteiger partial charge in [0.25, 0.3) is 0 Å². The molecule has 0 spiro atoms. The van der Waals surface area contributed by atoms with Crippen molar-refractivity contribution in [2.24, 2.45) is 5.92 Å². The molecule has 0 amide bonds. The maximum atomic E-state index is 11.2. The molecule has 1 unspecified atom stereocenters. The largest absolute Gasteiger partial charge is 0.480 e. The van der Waals surface area contributed by atoms with Crippen molar-refractivity contribution in [3.8, 4) is 11.1 Å². The normalized spacial score (nSPS) is 12.4. The molecule has 0 fully saturated rings. The molecule has 3 heteroatoms. The third-order valence-corrected chi connectivity index (χ3v) is 3.84. The molecule has 0 bridgehead atoms. The van der Waals surface area contributed by atoms with Crippen molar-refractivity contribution in [3.05, 3.63) is 59.7 Å². The molecule has 0 radical (unpaired) electrons. The highest BCUT2D eigenvalue weighted by Gasteiger charge is 2.20. The first-order chi connectivity index (χ1) is 10.5. The Morgan fingerprint density at radius 2 is 1.86 bits per heavy atom. The van der Waals surface area contributed by atoms with Crippen LogP contribution >= 0.6 is 0 Å². The van der Waals surface area contributed by atoms with Crippen molar-refractivity contribution < 1.29 is 9.90 Å². The number of carbonyl (C=O) groups is 1. The van der Waals surface area contributed by atoms with Gasteiger partial charge in [0.2, 0.25) is 0 Å². The molecule has 1 atom stereocenters. The van der Waals surface area contributed by atoms with E-state index in [1.165, 1.54) is 11.1 Å². The summed E-state index contributed by atoms with van der Waals surface area (Å²) >= 11 is 0. The van der Waals surface area contributed by atoms with Crippen LogP contribution in [0.2, 0.25) is 0 Å². The van der Waals surface area contributed by atoms with Crippen LogP contribution in [0.25, 0.3) is 11.1 Å². The van der Waals surface area contributed by atoms with Gasteiger partial charge in [-0.05, 0) is 41.2 Å². The Morgan fingerprint density at radius 1 is 1.14 bits per heavy atom. The smallest absolute Gasteiger partial charge is 0.320 e. The molecule has 2 aromatic carbocycles. The fraction of sp³-hybridized carbons (Fsp3) is 0.316. The van der Waals surface area contributed by atoms with E-state index in [1.54, 1.807) is 0 Å². The highest BCUT2D eigenvalue weighted by atomic mass is 16.4. The molecule has 0 heterocycles. The van der Waals surface area contributed by atoms with E-state index in [1.807, 2.05) is 38.1 Å². The van der Waals surface area contributed by atoms with E-state index in [0.717, 1.165) is 11.1 Å². The van der Waals surface area contributed by atoms with E-state index in [2.05, 4.69) is 36.5 Å². The third-order valence-electron chi connectivity index (χ3n) is 3.84. The first kappa shape index (κ1) is 16.2. The quantitative estimate of drug-likeness (QED) is 0.851. The molecule has 0 aliphatic rings. The SMILES string of the molecule is Cc1ccccc1-c1cccc(CNC(C(=O)O)C(C)C)c1. The average Bonchev–Trinajstić information content (AvgIpc) is 2.47. The minimum absolute atomic E-state index is 0.0528. The van der Waals surface area contributed by atoms with Crippen LogP contribution in [0.3, 0.4) is 0 Å². The van der Waals surface area contributed by atoms with E-state index in [4.69, 9.17) is 0 Å². The summed E-state index contributed by atoms with van der Waals surface area (Å²) in [4.78, 5) is 11.2. The number of hydrogen-bond acceptors (Lipinski definition) is 2. The maximum Gasteiger partial charge on any atom is 0.320 e. The van der Waals surface area contributed by atoms with E-state index in [9.17, 15) is 9.90 Å². The number of rotatable bonds is 6. The fourth-order valence-corrected chi connectivity index (χ4v) is 2.58. The molecular formula is C19H23NO2. The van der Waals surface area contributed by atoms with Crippen LogP contribution in [0.4, 0.5) is 0 Å². The predicted octanol–water partition coefficient (Wildman–Crippen LogP) is 3.86. The Labute approximate surface area is 132 Å². The second kappa shape index (κ2) is 7.23. The van der Waals surface area contributed by atoms with Gasteiger partial charge in [0.1, 0.15) is 6.04 Å². The molecule has 2 aromatic rings. The van der Waals surface area contributed by atoms with Crippen molar-refractivity contribution in [1.82, 2.24) is 5.32 Å². The number of aryl methyl sites for hydroxylation is 1. The second-order valence-electron chi connectivity index (χ2n) is 5.96. The predicted molar refractivity (Wildman–Crippen MR) is 89.7 cm³/mol.